The van der Waals surface area contributed by atoms with E-state index >= 15 is 0 Å². The number of hydrogen-bond acceptors (Lipinski definition) is 8. The van der Waals surface area contributed by atoms with Crippen molar-refractivity contribution in [2.24, 2.45) is 5.73 Å². The lowest BCUT2D eigenvalue weighted by molar-refractivity contribution is -0.123. The minimum atomic E-state index is -1.09. The van der Waals surface area contributed by atoms with Crippen LogP contribution in [0.2, 0.25) is 0 Å². The molecule has 200 valence electrons. The normalized spacial score (nSPS) is 14.4. The van der Waals surface area contributed by atoms with Crippen molar-refractivity contribution in [1.82, 2.24) is 9.69 Å². The van der Waals surface area contributed by atoms with Crippen LogP contribution in [-0.4, -0.2) is 42.4 Å². The average Bonchev–Trinajstić information content (AvgIpc) is 3.33. The summed E-state index contributed by atoms with van der Waals surface area (Å²) in [7, 11) is 3.02. The number of hydrogen-bond donors (Lipinski definition) is 3. The number of primary amides is 1. The molecule has 0 aliphatic heterocycles. The third-order valence-electron chi connectivity index (χ3n) is 6.59. The van der Waals surface area contributed by atoms with Gasteiger partial charge in [-0.15, -0.1) is 0 Å². The molecule has 0 spiro atoms. The fraction of sp³-hybridized carbons (Fsp3) is 0.333. The smallest absolute Gasteiger partial charge is 0.273 e. The highest BCUT2D eigenvalue weighted by Gasteiger charge is 2.37. The molecule has 0 saturated heterocycles. The second-order valence-corrected chi connectivity index (χ2v) is 9.78. The molecule has 5 N–H and O–H groups in total. The van der Waals surface area contributed by atoms with E-state index in [2.05, 4.69) is 9.69 Å². The summed E-state index contributed by atoms with van der Waals surface area (Å²) in [6.45, 7) is 0. The summed E-state index contributed by atoms with van der Waals surface area (Å²) < 4.78 is 14.9. The Labute approximate surface area is 225 Å². The van der Waals surface area contributed by atoms with Gasteiger partial charge in [-0.3, -0.25) is 19.3 Å². The Morgan fingerprint density at radius 3 is 2.32 bits per heavy atom. The topological polar surface area (TPSA) is 150 Å². The molecule has 1 aromatic heterocycles. The monoisotopic (exact) mass is 537 g/mol. The van der Waals surface area contributed by atoms with Gasteiger partial charge in [0.15, 0.2) is 17.2 Å². The van der Waals surface area contributed by atoms with Gasteiger partial charge >= 0.3 is 0 Å². The highest BCUT2D eigenvalue weighted by Crippen LogP contribution is 2.37. The van der Waals surface area contributed by atoms with Crippen LogP contribution < -0.4 is 31.2 Å². The predicted molar refractivity (Wildman–Crippen MR) is 146 cm³/mol. The van der Waals surface area contributed by atoms with Crippen molar-refractivity contribution in [2.75, 3.05) is 24.9 Å². The van der Waals surface area contributed by atoms with Crippen molar-refractivity contribution < 1.29 is 23.9 Å². The summed E-state index contributed by atoms with van der Waals surface area (Å²) in [5.74, 6) is -0.875. The van der Waals surface area contributed by atoms with Crippen molar-refractivity contribution in [1.29, 1.82) is 0 Å². The summed E-state index contributed by atoms with van der Waals surface area (Å²) in [6.07, 6.45) is 4.93. The number of carbonyl (C=O) groups is 3. The Kier molecular flexibility index (Phi) is 8.47. The molecule has 3 amide bonds. The number of nitrogens with two attached hydrogens (primary N) is 2. The van der Waals surface area contributed by atoms with Crippen LogP contribution in [0.5, 0.6) is 11.5 Å². The summed E-state index contributed by atoms with van der Waals surface area (Å²) in [5, 5.41) is 3.16. The zero-order chi connectivity index (χ0) is 27.2. The predicted octanol–water partition coefficient (Wildman–Crippen LogP) is 3.68. The highest BCUT2D eigenvalue weighted by atomic mass is 32.1. The van der Waals surface area contributed by atoms with E-state index in [1.165, 1.54) is 19.1 Å². The molecule has 1 unspecified atom stereocenters. The lowest BCUT2D eigenvalue weighted by Gasteiger charge is -2.33. The van der Waals surface area contributed by atoms with Crippen molar-refractivity contribution in [3.63, 3.8) is 0 Å². The van der Waals surface area contributed by atoms with Crippen molar-refractivity contribution >= 4 is 40.6 Å². The van der Waals surface area contributed by atoms with Crippen LogP contribution in [0, 0.1) is 0 Å². The van der Waals surface area contributed by atoms with Gasteiger partial charge in [-0.2, -0.15) is 4.37 Å². The number of carbonyl (C=O) groups excluding carboxylic acids is 3. The molecular weight excluding hydrogens is 506 g/mol. The Morgan fingerprint density at radius 1 is 1.03 bits per heavy atom. The van der Waals surface area contributed by atoms with Crippen LogP contribution in [0.1, 0.15) is 63.9 Å². The maximum absolute atomic E-state index is 14.1. The Hall–Kier alpha value is -4.12. The number of methoxy groups -OCH3 is 2. The van der Waals surface area contributed by atoms with Crippen LogP contribution in [0.4, 0.5) is 11.4 Å². The highest BCUT2D eigenvalue weighted by molar-refractivity contribution is 7.09. The van der Waals surface area contributed by atoms with Gasteiger partial charge in [0.05, 0.1) is 19.9 Å². The first kappa shape index (κ1) is 26.9. The third kappa shape index (κ3) is 5.57. The zero-order valence-electron chi connectivity index (χ0n) is 21.3. The Balaban J connectivity index is 1.86. The molecule has 1 aliphatic carbocycles. The summed E-state index contributed by atoms with van der Waals surface area (Å²) in [5.41, 5.74) is 12.2. The quantitative estimate of drug-likeness (QED) is 0.377. The fourth-order valence-electron chi connectivity index (χ4n) is 4.68. The number of amides is 3. The molecule has 4 rings (SSSR count). The first-order valence-electron chi connectivity index (χ1n) is 12.3. The Bertz CT molecular complexity index is 1310. The average molecular weight is 538 g/mol. The Morgan fingerprint density at radius 2 is 1.71 bits per heavy atom. The molecular formula is C27H31N5O5S. The van der Waals surface area contributed by atoms with Gasteiger partial charge in [-0.25, -0.2) is 0 Å². The second-order valence-electron chi connectivity index (χ2n) is 9.01. The number of aromatic nitrogens is 1. The number of nitrogens with one attached hydrogen (secondary N) is 1. The van der Waals surface area contributed by atoms with Crippen LogP contribution in [0.15, 0.2) is 48.5 Å². The number of nitrogens with zero attached hydrogens (tertiary/aromatic N) is 2. The third-order valence-corrected chi connectivity index (χ3v) is 7.44. The lowest BCUT2D eigenvalue weighted by atomic mass is 9.94. The number of ether oxygens (including phenoxy) is 2. The molecule has 10 nitrogen and oxygen atoms in total. The molecule has 3 aromatic rings. The van der Waals surface area contributed by atoms with E-state index in [0.717, 1.165) is 43.6 Å². The van der Waals surface area contributed by atoms with Gasteiger partial charge in [0.2, 0.25) is 5.91 Å². The van der Waals surface area contributed by atoms with E-state index in [1.807, 2.05) is 6.07 Å². The van der Waals surface area contributed by atoms with Crippen molar-refractivity contribution in [2.45, 2.75) is 44.2 Å². The van der Waals surface area contributed by atoms with Crippen LogP contribution in [0.3, 0.4) is 0 Å². The van der Waals surface area contributed by atoms with Crippen molar-refractivity contribution in [3.8, 4) is 11.5 Å². The lowest BCUT2D eigenvalue weighted by Crippen LogP contribution is -2.47. The van der Waals surface area contributed by atoms with E-state index in [-0.39, 0.29) is 28.2 Å². The van der Waals surface area contributed by atoms with E-state index in [1.54, 1.807) is 42.5 Å². The molecule has 0 bridgehead atoms. The SMILES string of the molecule is COc1ccc(C(C(=O)NC2CCCCC2)N(C(=O)c2snc(C(N)=O)c2N)c2ccccc2)cc1OC. The van der Waals surface area contributed by atoms with Crippen LogP contribution in [0.25, 0.3) is 0 Å². The molecule has 1 saturated carbocycles. The molecule has 11 heteroatoms. The van der Waals surface area contributed by atoms with E-state index in [4.69, 9.17) is 20.9 Å². The van der Waals surface area contributed by atoms with E-state index in [0.29, 0.717) is 22.7 Å². The number of rotatable bonds is 9. The maximum atomic E-state index is 14.1. The molecule has 1 atom stereocenters. The minimum Gasteiger partial charge on any atom is -0.493 e. The molecule has 1 heterocycles. The van der Waals surface area contributed by atoms with Crippen LogP contribution in [-0.2, 0) is 4.79 Å². The van der Waals surface area contributed by atoms with E-state index in [9.17, 15) is 14.4 Å². The number of para-hydroxylation sites is 1. The van der Waals surface area contributed by atoms with Crippen molar-refractivity contribution in [3.05, 3.63) is 64.7 Å². The van der Waals surface area contributed by atoms with Gasteiger partial charge in [0, 0.05) is 11.7 Å². The summed E-state index contributed by atoms with van der Waals surface area (Å²) >= 11 is 0.766. The second kappa shape index (κ2) is 12.0. The van der Waals surface area contributed by atoms with Gasteiger partial charge in [0.25, 0.3) is 11.8 Å². The molecule has 2 aromatic carbocycles. The fourth-order valence-corrected chi connectivity index (χ4v) is 5.42. The number of benzene rings is 2. The summed E-state index contributed by atoms with van der Waals surface area (Å²) in [4.78, 5) is 41.3. The van der Waals surface area contributed by atoms with Gasteiger partial charge in [-0.1, -0.05) is 43.5 Å². The zero-order valence-corrected chi connectivity index (χ0v) is 22.1. The van der Waals surface area contributed by atoms with Crippen LogP contribution >= 0.6 is 11.5 Å². The molecule has 1 fully saturated rings. The molecule has 1 aliphatic rings. The largest absolute Gasteiger partial charge is 0.493 e. The van der Waals surface area contributed by atoms with Gasteiger partial charge in [-0.05, 0) is 54.2 Å². The van der Waals surface area contributed by atoms with Gasteiger partial charge in [0.1, 0.15) is 10.9 Å². The number of nitrogen functional groups attached to an aromatic ring is 1. The summed E-state index contributed by atoms with van der Waals surface area (Å²) in [6, 6.07) is 12.8. The standard InChI is InChI=1S/C27H31N5O5S/c1-36-19-14-13-16(15-20(19)37-2)23(26(34)30-17-9-5-3-6-10-17)32(18-11-7-4-8-12-18)27(35)24-21(28)22(25(29)33)31-38-24/h4,7-8,11-15,17,23H,3,5-6,9-10,28H2,1-2H3,(H2,29,33)(H,30,34). The first-order valence-corrected chi connectivity index (χ1v) is 13.1. The molecule has 38 heavy (non-hydrogen) atoms. The minimum absolute atomic E-state index is 0.00144. The number of anilines is 2. The van der Waals surface area contributed by atoms with Gasteiger partial charge < -0.3 is 26.3 Å². The molecule has 0 radical (unpaired) electrons. The van der Waals surface area contributed by atoms with E-state index < -0.39 is 17.9 Å². The maximum Gasteiger partial charge on any atom is 0.273 e. The first-order chi connectivity index (χ1) is 18.3.